The summed E-state index contributed by atoms with van der Waals surface area (Å²) in [5, 5.41) is 5.56. The van der Waals surface area contributed by atoms with Crippen molar-refractivity contribution in [2.75, 3.05) is 17.2 Å². The molecule has 2 amide bonds. The smallest absolute Gasteiger partial charge is 0.256 e. The Kier molecular flexibility index (Phi) is 5.89. The predicted octanol–water partition coefficient (Wildman–Crippen LogP) is 3.89. The van der Waals surface area contributed by atoms with Crippen LogP contribution in [0.25, 0.3) is 0 Å². The van der Waals surface area contributed by atoms with E-state index in [1.54, 1.807) is 48.7 Å². The zero-order valence-corrected chi connectivity index (χ0v) is 16.2. The largest absolute Gasteiger partial charge is 0.486 e. The summed E-state index contributed by atoms with van der Waals surface area (Å²) in [6.07, 6.45) is 2.30. The van der Waals surface area contributed by atoms with Crippen LogP contribution in [-0.2, 0) is 4.79 Å². The van der Waals surface area contributed by atoms with Crippen LogP contribution in [-0.4, -0.2) is 29.5 Å². The van der Waals surface area contributed by atoms with Crippen molar-refractivity contribution in [1.29, 1.82) is 0 Å². The third kappa shape index (κ3) is 4.94. The predicted molar refractivity (Wildman–Crippen MR) is 113 cm³/mol. The third-order valence-corrected chi connectivity index (χ3v) is 4.60. The number of nitrogens with one attached hydrogen (secondary N) is 2. The normalized spacial score (nSPS) is 14.6. The van der Waals surface area contributed by atoms with E-state index in [2.05, 4.69) is 15.6 Å². The zero-order valence-electron chi connectivity index (χ0n) is 16.2. The Bertz CT molecular complexity index is 1020. The third-order valence-electron chi connectivity index (χ3n) is 4.60. The molecule has 0 aliphatic carbocycles. The molecule has 1 aliphatic rings. The maximum Gasteiger partial charge on any atom is 0.256 e. The van der Waals surface area contributed by atoms with Crippen LogP contribution in [0.15, 0.2) is 72.9 Å². The van der Waals surface area contributed by atoms with Crippen molar-refractivity contribution in [2.45, 2.75) is 18.9 Å². The van der Waals surface area contributed by atoms with Gasteiger partial charge in [0.2, 0.25) is 5.91 Å². The highest BCUT2D eigenvalue weighted by Gasteiger charge is 2.21. The van der Waals surface area contributed by atoms with Crippen LogP contribution in [0.4, 0.5) is 11.5 Å². The van der Waals surface area contributed by atoms with Gasteiger partial charge >= 0.3 is 0 Å². The van der Waals surface area contributed by atoms with Gasteiger partial charge in [0.1, 0.15) is 18.5 Å². The Labute approximate surface area is 174 Å². The SMILES string of the molecule is O=C(CCC1COc2ccccc2O1)Nc1ccc(C(=O)Nc2ccccn2)cc1. The van der Waals surface area contributed by atoms with E-state index in [0.717, 1.165) is 5.75 Å². The number of rotatable bonds is 6. The van der Waals surface area contributed by atoms with Crippen molar-refractivity contribution in [3.8, 4) is 11.5 Å². The number of carbonyl (C=O) groups is 2. The minimum absolute atomic E-state index is 0.122. The van der Waals surface area contributed by atoms with Gasteiger partial charge in [-0.25, -0.2) is 4.98 Å². The number of para-hydroxylation sites is 2. The summed E-state index contributed by atoms with van der Waals surface area (Å²) in [5.74, 6) is 1.53. The molecule has 1 aromatic heterocycles. The molecule has 0 spiro atoms. The lowest BCUT2D eigenvalue weighted by molar-refractivity contribution is -0.116. The van der Waals surface area contributed by atoms with Crippen molar-refractivity contribution in [3.63, 3.8) is 0 Å². The molecule has 1 aliphatic heterocycles. The van der Waals surface area contributed by atoms with Crippen molar-refractivity contribution in [3.05, 3.63) is 78.5 Å². The molecule has 0 fully saturated rings. The van der Waals surface area contributed by atoms with Crippen LogP contribution in [0.1, 0.15) is 23.2 Å². The van der Waals surface area contributed by atoms with Crippen molar-refractivity contribution in [2.24, 2.45) is 0 Å². The number of benzene rings is 2. The molecule has 30 heavy (non-hydrogen) atoms. The lowest BCUT2D eigenvalue weighted by atomic mass is 10.1. The summed E-state index contributed by atoms with van der Waals surface area (Å²) in [6, 6.07) is 19.5. The highest BCUT2D eigenvalue weighted by atomic mass is 16.6. The van der Waals surface area contributed by atoms with Gasteiger partial charge < -0.3 is 20.1 Å². The molecular formula is C23H21N3O4. The molecule has 0 saturated heterocycles. The van der Waals surface area contributed by atoms with Gasteiger partial charge in [-0.15, -0.1) is 0 Å². The fourth-order valence-electron chi connectivity index (χ4n) is 3.05. The molecule has 0 radical (unpaired) electrons. The van der Waals surface area contributed by atoms with Crippen LogP contribution < -0.4 is 20.1 Å². The van der Waals surface area contributed by atoms with Gasteiger partial charge in [-0.05, 0) is 55.0 Å². The van der Waals surface area contributed by atoms with E-state index < -0.39 is 0 Å². The first-order valence-corrected chi connectivity index (χ1v) is 9.68. The number of hydrogen-bond donors (Lipinski definition) is 2. The summed E-state index contributed by atoms with van der Waals surface area (Å²) in [4.78, 5) is 28.6. The number of carbonyl (C=O) groups excluding carboxylic acids is 2. The number of anilines is 2. The van der Waals surface area contributed by atoms with Gasteiger partial charge in [-0.3, -0.25) is 9.59 Å². The second-order valence-electron chi connectivity index (χ2n) is 6.83. The first-order chi connectivity index (χ1) is 14.7. The molecule has 4 rings (SSSR count). The number of fused-ring (bicyclic) bond motifs is 1. The molecule has 152 valence electrons. The summed E-state index contributed by atoms with van der Waals surface area (Å²) in [5.41, 5.74) is 1.10. The standard InChI is InChI=1S/C23H21N3O4/c27-22(13-12-18-15-29-19-5-1-2-6-20(19)30-18)25-17-10-8-16(9-11-17)23(28)26-21-7-3-4-14-24-21/h1-11,14,18H,12-13,15H2,(H,25,27)(H,24,26,28). The molecule has 2 N–H and O–H groups in total. The lowest BCUT2D eigenvalue weighted by Crippen LogP contribution is -2.30. The number of aromatic nitrogens is 1. The summed E-state index contributed by atoms with van der Waals surface area (Å²) >= 11 is 0. The molecule has 0 saturated carbocycles. The van der Waals surface area contributed by atoms with E-state index in [9.17, 15) is 9.59 Å². The number of hydrogen-bond acceptors (Lipinski definition) is 5. The van der Waals surface area contributed by atoms with Crippen LogP contribution in [0.5, 0.6) is 11.5 Å². The van der Waals surface area contributed by atoms with Crippen molar-refractivity contribution < 1.29 is 19.1 Å². The second kappa shape index (κ2) is 9.09. The number of nitrogens with zero attached hydrogens (tertiary/aromatic N) is 1. The number of pyridine rings is 1. The number of ether oxygens (including phenoxy) is 2. The van der Waals surface area contributed by atoms with Crippen LogP contribution in [0.3, 0.4) is 0 Å². The fraction of sp³-hybridized carbons (Fsp3) is 0.174. The van der Waals surface area contributed by atoms with Crippen molar-refractivity contribution in [1.82, 2.24) is 4.98 Å². The first-order valence-electron chi connectivity index (χ1n) is 9.68. The Hall–Kier alpha value is -3.87. The molecule has 0 bridgehead atoms. The quantitative estimate of drug-likeness (QED) is 0.652. The van der Waals surface area contributed by atoms with Gasteiger partial charge in [0.15, 0.2) is 11.5 Å². The van der Waals surface area contributed by atoms with E-state index in [1.807, 2.05) is 24.3 Å². The Balaban J connectivity index is 1.25. The average molecular weight is 403 g/mol. The Morgan fingerprint density at radius 2 is 1.70 bits per heavy atom. The van der Waals surface area contributed by atoms with Gasteiger partial charge in [0, 0.05) is 23.9 Å². The molecule has 3 aromatic rings. The summed E-state index contributed by atoms with van der Waals surface area (Å²) in [7, 11) is 0. The van der Waals surface area contributed by atoms with Gasteiger partial charge in [-0.2, -0.15) is 0 Å². The first kappa shape index (κ1) is 19.4. The Morgan fingerprint density at radius 3 is 2.47 bits per heavy atom. The molecule has 1 atom stereocenters. The average Bonchev–Trinajstić information content (AvgIpc) is 2.79. The van der Waals surface area contributed by atoms with Gasteiger partial charge in [-0.1, -0.05) is 18.2 Å². The molecule has 2 heterocycles. The maximum absolute atomic E-state index is 12.3. The molecular weight excluding hydrogens is 382 g/mol. The molecule has 1 unspecified atom stereocenters. The Morgan fingerprint density at radius 1 is 0.933 bits per heavy atom. The van der Waals surface area contributed by atoms with E-state index >= 15 is 0 Å². The van der Waals surface area contributed by atoms with E-state index in [1.165, 1.54) is 0 Å². The van der Waals surface area contributed by atoms with Crippen LogP contribution in [0.2, 0.25) is 0 Å². The maximum atomic E-state index is 12.3. The van der Waals surface area contributed by atoms with Crippen LogP contribution in [0, 0.1) is 0 Å². The minimum atomic E-state index is -0.263. The van der Waals surface area contributed by atoms with Gasteiger partial charge in [0.25, 0.3) is 5.91 Å². The van der Waals surface area contributed by atoms with E-state index in [4.69, 9.17) is 9.47 Å². The molecule has 7 heteroatoms. The fourth-order valence-corrected chi connectivity index (χ4v) is 3.05. The van der Waals surface area contributed by atoms with E-state index in [0.29, 0.717) is 42.3 Å². The van der Waals surface area contributed by atoms with Crippen molar-refractivity contribution >= 4 is 23.3 Å². The zero-order chi connectivity index (χ0) is 20.8. The molecule has 2 aromatic carbocycles. The highest BCUT2D eigenvalue weighted by Crippen LogP contribution is 2.31. The second-order valence-corrected chi connectivity index (χ2v) is 6.83. The molecule has 7 nitrogen and oxygen atoms in total. The summed E-state index contributed by atoms with van der Waals surface area (Å²) in [6.45, 7) is 0.421. The topological polar surface area (TPSA) is 89.5 Å². The van der Waals surface area contributed by atoms with Gasteiger partial charge in [0.05, 0.1) is 0 Å². The number of amides is 2. The summed E-state index contributed by atoms with van der Waals surface area (Å²) < 4.78 is 11.5. The lowest BCUT2D eigenvalue weighted by Gasteiger charge is -2.26. The minimum Gasteiger partial charge on any atom is -0.486 e. The van der Waals surface area contributed by atoms with E-state index in [-0.39, 0.29) is 17.9 Å². The monoisotopic (exact) mass is 403 g/mol. The highest BCUT2D eigenvalue weighted by molar-refractivity contribution is 6.04. The van der Waals surface area contributed by atoms with Crippen LogP contribution >= 0.6 is 0 Å².